The van der Waals surface area contributed by atoms with E-state index < -0.39 is 0 Å². The van der Waals surface area contributed by atoms with Gasteiger partial charge in [-0.25, -0.2) is 0 Å². The molecule has 2 atom stereocenters. The fourth-order valence-corrected chi connectivity index (χ4v) is 1.67. The Kier molecular flexibility index (Phi) is 3.57. The van der Waals surface area contributed by atoms with Crippen LogP contribution in [0.5, 0.6) is 0 Å². The summed E-state index contributed by atoms with van der Waals surface area (Å²) in [5.41, 5.74) is 0. The van der Waals surface area contributed by atoms with Crippen molar-refractivity contribution in [3.8, 4) is 0 Å². The zero-order valence-electron chi connectivity index (χ0n) is 8.10. The molecule has 1 N–H and O–H groups in total. The number of nitrogens with one attached hydrogen (secondary N) is 1. The zero-order valence-corrected chi connectivity index (χ0v) is 8.10. The molecule has 0 spiro atoms. The SMILES string of the molecule is C[C@@H]1CCCCC[C@H](C)NC1=O. The lowest BCUT2D eigenvalue weighted by Gasteiger charge is -2.14. The molecule has 1 aliphatic heterocycles. The van der Waals surface area contributed by atoms with Crippen LogP contribution in [-0.2, 0) is 4.79 Å². The third-order valence-electron chi connectivity index (χ3n) is 2.61. The maximum atomic E-state index is 11.4. The van der Waals surface area contributed by atoms with Crippen LogP contribution >= 0.6 is 0 Å². The average molecular weight is 169 g/mol. The van der Waals surface area contributed by atoms with Crippen molar-refractivity contribution in [1.29, 1.82) is 0 Å². The van der Waals surface area contributed by atoms with Crippen molar-refractivity contribution in [1.82, 2.24) is 5.32 Å². The molecule has 70 valence electrons. The molecular formula is C10H19NO. The van der Waals surface area contributed by atoms with Gasteiger partial charge in [0.05, 0.1) is 0 Å². The molecule has 0 saturated carbocycles. The van der Waals surface area contributed by atoms with Gasteiger partial charge in [-0.15, -0.1) is 0 Å². The molecule has 1 heterocycles. The van der Waals surface area contributed by atoms with Crippen molar-refractivity contribution in [3.63, 3.8) is 0 Å². The van der Waals surface area contributed by atoms with E-state index in [4.69, 9.17) is 0 Å². The first-order valence-corrected chi connectivity index (χ1v) is 5.00. The molecule has 0 aromatic carbocycles. The van der Waals surface area contributed by atoms with Crippen molar-refractivity contribution in [2.24, 2.45) is 5.92 Å². The maximum absolute atomic E-state index is 11.4. The van der Waals surface area contributed by atoms with Crippen LogP contribution in [0.1, 0.15) is 46.0 Å². The highest BCUT2D eigenvalue weighted by Crippen LogP contribution is 2.14. The van der Waals surface area contributed by atoms with Crippen LogP contribution in [0.15, 0.2) is 0 Å². The monoisotopic (exact) mass is 169 g/mol. The number of amides is 1. The van der Waals surface area contributed by atoms with Crippen molar-refractivity contribution in [2.45, 2.75) is 52.0 Å². The lowest BCUT2D eigenvalue weighted by atomic mass is 10.0. The predicted octanol–water partition coefficient (Wildman–Crippen LogP) is 2.09. The molecule has 0 aromatic heterocycles. The largest absolute Gasteiger partial charge is 0.353 e. The third kappa shape index (κ3) is 2.84. The molecule has 0 unspecified atom stereocenters. The van der Waals surface area contributed by atoms with Gasteiger partial charge in [0, 0.05) is 12.0 Å². The van der Waals surface area contributed by atoms with Gasteiger partial charge in [0.2, 0.25) is 5.91 Å². The van der Waals surface area contributed by atoms with E-state index in [9.17, 15) is 4.79 Å². The molecule has 12 heavy (non-hydrogen) atoms. The summed E-state index contributed by atoms with van der Waals surface area (Å²) in [6.07, 6.45) is 5.94. The van der Waals surface area contributed by atoms with E-state index >= 15 is 0 Å². The minimum Gasteiger partial charge on any atom is -0.353 e. The highest BCUT2D eigenvalue weighted by molar-refractivity contribution is 5.78. The summed E-state index contributed by atoms with van der Waals surface area (Å²) in [5.74, 6) is 0.454. The van der Waals surface area contributed by atoms with Gasteiger partial charge in [-0.2, -0.15) is 0 Å². The Morgan fingerprint density at radius 2 is 1.83 bits per heavy atom. The smallest absolute Gasteiger partial charge is 0.223 e. The Morgan fingerprint density at radius 3 is 2.58 bits per heavy atom. The Labute approximate surface area is 74.7 Å². The van der Waals surface area contributed by atoms with Crippen LogP contribution < -0.4 is 5.32 Å². The van der Waals surface area contributed by atoms with E-state index in [0.717, 1.165) is 12.8 Å². The Bertz CT molecular complexity index is 156. The lowest BCUT2D eigenvalue weighted by Crippen LogP contribution is -2.35. The Balaban J connectivity index is 2.46. The van der Waals surface area contributed by atoms with Gasteiger partial charge in [0.15, 0.2) is 0 Å². The molecular weight excluding hydrogens is 150 g/mol. The van der Waals surface area contributed by atoms with Gasteiger partial charge >= 0.3 is 0 Å². The number of carbonyl (C=O) groups excluding carboxylic acids is 1. The van der Waals surface area contributed by atoms with Crippen LogP contribution in [0, 0.1) is 5.92 Å². The van der Waals surface area contributed by atoms with E-state index in [2.05, 4.69) is 12.2 Å². The predicted molar refractivity (Wildman–Crippen MR) is 49.9 cm³/mol. The second-order valence-corrected chi connectivity index (χ2v) is 3.95. The van der Waals surface area contributed by atoms with E-state index in [-0.39, 0.29) is 11.8 Å². The second kappa shape index (κ2) is 4.48. The average Bonchev–Trinajstić information content (AvgIpc) is 2.07. The quantitative estimate of drug-likeness (QED) is 0.591. The number of hydrogen-bond donors (Lipinski definition) is 1. The minimum atomic E-state index is 0.213. The highest BCUT2D eigenvalue weighted by atomic mass is 16.1. The summed E-state index contributed by atoms with van der Waals surface area (Å²) < 4.78 is 0. The summed E-state index contributed by atoms with van der Waals surface area (Å²) in [4.78, 5) is 11.4. The molecule has 2 heteroatoms. The van der Waals surface area contributed by atoms with E-state index in [1.807, 2.05) is 6.92 Å². The van der Waals surface area contributed by atoms with E-state index in [1.54, 1.807) is 0 Å². The molecule has 0 bridgehead atoms. The molecule has 1 aliphatic rings. The van der Waals surface area contributed by atoms with Crippen molar-refractivity contribution in [2.75, 3.05) is 0 Å². The van der Waals surface area contributed by atoms with Crippen molar-refractivity contribution >= 4 is 5.91 Å². The standard InChI is InChI=1S/C10H19NO/c1-8-6-4-3-5-7-9(2)11-10(8)12/h8-9H,3-7H2,1-2H3,(H,11,12)/t8-,9+/m1/s1. The summed E-state index contributed by atoms with van der Waals surface area (Å²) in [6, 6.07) is 0.373. The molecule has 2 nitrogen and oxygen atoms in total. The summed E-state index contributed by atoms with van der Waals surface area (Å²) in [5, 5.41) is 3.03. The summed E-state index contributed by atoms with van der Waals surface area (Å²) in [7, 11) is 0. The van der Waals surface area contributed by atoms with E-state index in [0.29, 0.717) is 6.04 Å². The summed E-state index contributed by atoms with van der Waals surface area (Å²) in [6.45, 7) is 4.11. The van der Waals surface area contributed by atoms with Gasteiger partial charge in [-0.3, -0.25) is 4.79 Å². The summed E-state index contributed by atoms with van der Waals surface area (Å²) >= 11 is 0. The fraction of sp³-hybridized carbons (Fsp3) is 0.900. The Hall–Kier alpha value is -0.530. The van der Waals surface area contributed by atoms with Crippen LogP contribution in [0.2, 0.25) is 0 Å². The second-order valence-electron chi connectivity index (χ2n) is 3.95. The first kappa shape index (κ1) is 9.56. The highest BCUT2D eigenvalue weighted by Gasteiger charge is 2.16. The normalized spacial score (nSPS) is 33.0. The van der Waals surface area contributed by atoms with Crippen molar-refractivity contribution in [3.05, 3.63) is 0 Å². The third-order valence-corrected chi connectivity index (χ3v) is 2.61. The number of hydrogen-bond acceptors (Lipinski definition) is 1. The first-order chi connectivity index (χ1) is 5.70. The van der Waals surface area contributed by atoms with Gasteiger partial charge in [0.1, 0.15) is 0 Å². The van der Waals surface area contributed by atoms with Gasteiger partial charge in [-0.05, 0) is 19.8 Å². The molecule has 0 radical (unpaired) electrons. The fourth-order valence-electron chi connectivity index (χ4n) is 1.67. The minimum absolute atomic E-state index is 0.213. The molecule has 1 saturated heterocycles. The zero-order chi connectivity index (χ0) is 8.97. The van der Waals surface area contributed by atoms with Crippen molar-refractivity contribution < 1.29 is 4.79 Å². The maximum Gasteiger partial charge on any atom is 0.223 e. The van der Waals surface area contributed by atoms with Gasteiger partial charge in [0.25, 0.3) is 0 Å². The number of carbonyl (C=O) groups is 1. The van der Waals surface area contributed by atoms with Gasteiger partial charge in [-0.1, -0.05) is 26.2 Å². The van der Waals surface area contributed by atoms with Gasteiger partial charge < -0.3 is 5.32 Å². The molecule has 1 fully saturated rings. The van der Waals surface area contributed by atoms with E-state index in [1.165, 1.54) is 19.3 Å². The molecule has 0 aliphatic carbocycles. The lowest BCUT2D eigenvalue weighted by molar-refractivity contribution is -0.125. The molecule has 1 rings (SSSR count). The van der Waals surface area contributed by atoms with Crippen LogP contribution in [0.3, 0.4) is 0 Å². The topological polar surface area (TPSA) is 29.1 Å². The molecule has 1 amide bonds. The number of rotatable bonds is 0. The van der Waals surface area contributed by atoms with Crippen LogP contribution in [0.25, 0.3) is 0 Å². The van der Waals surface area contributed by atoms with Crippen LogP contribution in [-0.4, -0.2) is 11.9 Å². The first-order valence-electron chi connectivity index (χ1n) is 5.00. The van der Waals surface area contributed by atoms with Crippen LogP contribution in [0.4, 0.5) is 0 Å². The Morgan fingerprint density at radius 1 is 1.17 bits per heavy atom. The molecule has 0 aromatic rings.